The largest absolute Gasteiger partial charge is 0.350 e. The molecule has 0 spiro atoms. The SMILES string of the molecule is CC[C@@H](C(=O)NC(C)(C)C)N(Cc1ccc(Cl)c(Cl)c1)C(=O)CN(c1ccccc1C)S(=O)(=O)c1ccc(Cl)cc1. The molecule has 2 amide bonds. The van der Waals surface area contributed by atoms with Crippen LogP contribution in [0.4, 0.5) is 5.69 Å². The number of aryl methyl sites for hydroxylation is 1. The second kappa shape index (κ2) is 13.5. The van der Waals surface area contributed by atoms with Crippen molar-refractivity contribution >= 4 is 62.3 Å². The molecular formula is C30H34Cl3N3O4S. The fourth-order valence-electron chi connectivity index (χ4n) is 4.30. The van der Waals surface area contributed by atoms with E-state index in [-0.39, 0.29) is 17.3 Å². The van der Waals surface area contributed by atoms with E-state index in [1.807, 2.05) is 20.8 Å². The summed E-state index contributed by atoms with van der Waals surface area (Å²) >= 11 is 18.4. The number of rotatable bonds is 10. The maximum Gasteiger partial charge on any atom is 0.264 e. The number of nitrogens with one attached hydrogen (secondary N) is 1. The Morgan fingerprint density at radius 1 is 0.927 bits per heavy atom. The average Bonchev–Trinajstić information content (AvgIpc) is 2.88. The monoisotopic (exact) mass is 637 g/mol. The topological polar surface area (TPSA) is 86.8 Å². The van der Waals surface area contributed by atoms with Crippen LogP contribution in [0.2, 0.25) is 15.1 Å². The first-order chi connectivity index (χ1) is 19.1. The highest BCUT2D eigenvalue weighted by molar-refractivity contribution is 7.92. The predicted molar refractivity (Wildman–Crippen MR) is 166 cm³/mol. The molecule has 1 atom stereocenters. The van der Waals surface area contributed by atoms with E-state index in [1.54, 1.807) is 56.3 Å². The minimum Gasteiger partial charge on any atom is -0.350 e. The molecule has 3 aromatic rings. The number of para-hydroxylation sites is 1. The molecule has 3 aromatic carbocycles. The molecule has 0 fully saturated rings. The zero-order chi connectivity index (χ0) is 30.5. The Balaban J connectivity index is 2.10. The van der Waals surface area contributed by atoms with Gasteiger partial charge in [-0.05, 0) is 87.7 Å². The Hall–Kier alpha value is -2.78. The summed E-state index contributed by atoms with van der Waals surface area (Å²) in [5.74, 6) is -0.913. The Morgan fingerprint density at radius 2 is 1.56 bits per heavy atom. The third-order valence-corrected chi connectivity index (χ3v) is 9.05. The lowest BCUT2D eigenvalue weighted by molar-refractivity contribution is -0.141. The van der Waals surface area contributed by atoms with E-state index in [0.29, 0.717) is 38.3 Å². The van der Waals surface area contributed by atoms with E-state index in [4.69, 9.17) is 34.8 Å². The van der Waals surface area contributed by atoms with Gasteiger partial charge in [-0.25, -0.2) is 8.42 Å². The van der Waals surface area contributed by atoms with Gasteiger partial charge in [0.05, 0.1) is 20.6 Å². The summed E-state index contributed by atoms with van der Waals surface area (Å²) < 4.78 is 29.0. The van der Waals surface area contributed by atoms with Crippen LogP contribution in [-0.4, -0.2) is 43.3 Å². The third kappa shape index (κ3) is 8.38. The second-order valence-corrected chi connectivity index (χ2v) is 13.8. The van der Waals surface area contributed by atoms with E-state index in [2.05, 4.69) is 5.32 Å². The highest BCUT2D eigenvalue weighted by Crippen LogP contribution is 2.29. The van der Waals surface area contributed by atoms with Gasteiger partial charge >= 0.3 is 0 Å². The number of benzene rings is 3. The van der Waals surface area contributed by atoms with Crippen molar-refractivity contribution in [2.75, 3.05) is 10.8 Å². The lowest BCUT2D eigenvalue weighted by atomic mass is 10.1. The second-order valence-electron chi connectivity index (χ2n) is 10.7. The molecule has 41 heavy (non-hydrogen) atoms. The minimum atomic E-state index is -4.20. The van der Waals surface area contributed by atoms with Gasteiger partial charge in [-0.3, -0.25) is 13.9 Å². The number of carbonyl (C=O) groups is 2. The molecule has 0 heterocycles. The summed E-state index contributed by atoms with van der Waals surface area (Å²) in [5, 5.41) is 3.98. The van der Waals surface area contributed by atoms with E-state index in [9.17, 15) is 18.0 Å². The number of hydrogen-bond donors (Lipinski definition) is 1. The summed E-state index contributed by atoms with van der Waals surface area (Å²) in [5.41, 5.74) is 1.09. The van der Waals surface area contributed by atoms with Crippen LogP contribution in [0.25, 0.3) is 0 Å². The number of halogens is 3. The summed E-state index contributed by atoms with van der Waals surface area (Å²) in [6, 6.07) is 16.7. The molecular weight excluding hydrogens is 605 g/mol. The molecule has 0 aliphatic heterocycles. The van der Waals surface area contributed by atoms with Crippen molar-refractivity contribution < 1.29 is 18.0 Å². The first-order valence-electron chi connectivity index (χ1n) is 13.0. The zero-order valence-corrected chi connectivity index (χ0v) is 26.7. The lowest BCUT2D eigenvalue weighted by Crippen LogP contribution is -2.55. The van der Waals surface area contributed by atoms with Crippen LogP contribution in [0.3, 0.4) is 0 Å². The van der Waals surface area contributed by atoms with Crippen molar-refractivity contribution in [1.82, 2.24) is 10.2 Å². The summed E-state index contributed by atoms with van der Waals surface area (Å²) in [6.07, 6.45) is 0.295. The number of amides is 2. The van der Waals surface area contributed by atoms with E-state index >= 15 is 0 Å². The van der Waals surface area contributed by atoms with Crippen molar-refractivity contribution in [2.45, 2.75) is 64.1 Å². The first-order valence-corrected chi connectivity index (χ1v) is 15.6. The number of carbonyl (C=O) groups excluding carboxylic acids is 2. The average molecular weight is 639 g/mol. The molecule has 11 heteroatoms. The molecule has 0 aromatic heterocycles. The summed E-state index contributed by atoms with van der Waals surface area (Å²) in [4.78, 5) is 28.9. The van der Waals surface area contributed by atoms with Crippen molar-refractivity contribution in [2.24, 2.45) is 0 Å². The summed E-state index contributed by atoms with van der Waals surface area (Å²) in [7, 11) is -4.20. The van der Waals surface area contributed by atoms with Gasteiger partial charge in [0.25, 0.3) is 10.0 Å². The highest BCUT2D eigenvalue weighted by atomic mass is 35.5. The smallest absolute Gasteiger partial charge is 0.264 e. The van der Waals surface area contributed by atoms with Gasteiger partial charge in [0.1, 0.15) is 12.6 Å². The van der Waals surface area contributed by atoms with Gasteiger partial charge in [-0.15, -0.1) is 0 Å². The molecule has 0 aliphatic carbocycles. The van der Waals surface area contributed by atoms with Crippen LogP contribution in [-0.2, 0) is 26.2 Å². The number of hydrogen-bond acceptors (Lipinski definition) is 4. The Kier molecular flexibility index (Phi) is 10.7. The Bertz CT molecular complexity index is 1510. The molecule has 3 rings (SSSR count). The quantitative estimate of drug-likeness (QED) is 0.263. The van der Waals surface area contributed by atoms with Crippen molar-refractivity contribution in [3.8, 4) is 0 Å². The molecule has 220 valence electrons. The Labute approximate surface area is 257 Å². The Morgan fingerprint density at radius 3 is 2.12 bits per heavy atom. The van der Waals surface area contributed by atoms with Gasteiger partial charge < -0.3 is 10.2 Å². The van der Waals surface area contributed by atoms with Gasteiger partial charge in [-0.2, -0.15) is 0 Å². The number of anilines is 1. The summed E-state index contributed by atoms with van der Waals surface area (Å²) in [6.45, 7) is 8.57. The maximum atomic E-state index is 14.2. The van der Waals surface area contributed by atoms with Crippen molar-refractivity contribution in [1.29, 1.82) is 0 Å². The fourth-order valence-corrected chi connectivity index (χ4v) is 6.22. The lowest BCUT2D eigenvalue weighted by Gasteiger charge is -2.35. The molecule has 0 saturated heterocycles. The minimum absolute atomic E-state index is 0.00833. The highest BCUT2D eigenvalue weighted by Gasteiger charge is 2.35. The van der Waals surface area contributed by atoms with Crippen molar-refractivity contribution in [3.05, 3.63) is 92.9 Å². The van der Waals surface area contributed by atoms with Crippen LogP contribution in [0.1, 0.15) is 45.2 Å². The number of nitrogens with zero attached hydrogens (tertiary/aromatic N) is 2. The van der Waals surface area contributed by atoms with Gasteiger partial charge in [0.15, 0.2) is 0 Å². The van der Waals surface area contributed by atoms with Crippen LogP contribution >= 0.6 is 34.8 Å². The van der Waals surface area contributed by atoms with Crippen LogP contribution < -0.4 is 9.62 Å². The molecule has 7 nitrogen and oxygen atoms in total. The van der Waals surface area contributed by atoms with Crippen LogP contribution in [0.5, 0.6) is 0 Å². The standard InChI is InChI=1S/C30H34Cl3N3O4S/c1-6-26(29(38)34-30(3,4)5)35(18-21-11-16-24(32)25(33)17-21)28(37)19-36(27-10-8-7-9-20(27)2)41(39,40)23-14-12-22(31)13-15-23/h7-17,26H,6,18-19H2,1-5H3,(H,34,38)/t26-/m0/s1. The van der Waals surface area contributed by atoms with Gasteiger partial charge in [0, 0.05) is 17.1 Å². The van der Waals surface area contributed by atoms with Crippen LogP contribution in [0, 0.1) is 6.92 Å². The van der Waals surface area contributed by atoms with Gasteiger partial charge in [0.2, 0.25) is 11.8 Å². The van der Waals surface area contributed by atoms with Gasteiger partial charge in [-0.1, -0.05) is 66.0 Å². The van der Waals surface area contributed by atoms with E-state index in [0.717, 1.165) is 4.31 Å². The maximum absolute atomic E-state index is 14.2. The predicted octanol–water partition coefficient (Wildman–Crippen LogP) is 6.87. The normalized spacial score (nSPS) is 12.5. The van der Waals surface area contributed by atoms with Crippen molar-refractivity contribution in [3.63, 3.8) is 0 Å². The first kappa shape index (κ1) is 32.7. The fraction of sp³-hybridized carbons (Fsp3) is 0.333. The molecule has 0 unspecified atom stereocenters. The van der Waals surface area contributed by atoms with Crippen LogP contribution in [0.15, 0.2) is 71.6 Å². The molecule has 0 aliphatic rings. The third-order valence-electron chi connectivity index (χ3n) is 6.29. The van der Waals surface area contributed by atoms with E-state index in [1.165, 1.54) is 29.2 Å². The molecule has 0 bridgehead atoms. The molecule has 0 saturated carbocycles. The molecule has 1 N–H and O–H groups in total. The number of sulfonamides is 1. The zero-order valence-electron chi connectivity index (χ0n) is 23.6. The van der Waals surface area contributed by atoms with E-state index < -0.39 is 34.1 Å². The molecule has 0 radical (unpaired) electrons.